The molecule has 0 saturated heterocycles. The van der Waals surface area contributed by atoms with Gasteiger partial charge in [0, 0.05) is 16.5 Å². The van der Waals surface area contributed by atoms with Crippen LogP contribution in [0.1, 0.15) is 43.2 Å². The standard InChI is InChI=1S/C24H22N4OS/c29-21-19-20(18-12-6-5-9-16(18)15-24(19)13-7-2-8-14-24)28-22(25-26-23(28)30)27(21)17-10-3-1-4-11-17/h1,3-6,9-12H,2,7-8,13-15H2,(H,26,30). The maximum absolute atomic E-state index is 14.2. The van der Waals surface area contributed by atoms with Crippen LogP contribution in [0.15, 0.2) is 59.4 Å². The van der Waals surface area contributed by atoms with Gasteiger partial charge in [-0.2, -0.15) is 0 Å². The predicted molar refractivity (Wildman–Crippen MR) is 120 cm³/mol. The Morgan fingerprint density at radius 2 is 1.70 bits per heavy atom. The van der Waals surface area contributed by atoms with Crippen LogP contribution >= 0.6 is 12.2 Å². The third-order valence-electron chi connectivity index (χ3n) is 6.89. The van der Waals surface area contributed by atoms with Crippen molar-refractivity contribution >= 4 is 18.0 Å². The molecule has 6 heteroatoms. The number of benzene rings is 2. The Labute approximate surface area is 179 Å². The first-order valence-corrected chi connectivity index (χ1v) is 11.0. The zero-order valence-electron chi connectivity index (χ0n) is 16.6. The SMILES string of the molecule is O=c1c2c(n3c(=S)[nH]nc3n1-c1ccccc1)-c1ccccc1CC21CCCCC1. The van der Waals surface area contributed by atoms with Crippen LogP contribution in [-0.4, -0.2) is 19.2 Å². The molecule has 0 unspecified atom stereocenters. The van der Waals surface area contributed by atoms with Crippen molar-refractivity contribution < 1.29 is 0 Å². The van der Waals surface area contributed by atoms with Gasteiger partial charge >= 0.3 is 0 Å². The molecule has 30 heavy (non-hydrogen) atoms. The smallest absolute Gasteiger partial charge is 0.263 e. The summed E-state index contributed by atoms with van der Waals surface area (Å²) in [6.07, 6.45) is 6.53. The van der Waals surface area contributed by atoms with Crippen LogP contribution in [0.5, 0.6) is 0 Å². The minimum absolute atomic E-state index is 0.0362. The summed E-state index contributed by atoms with van der Waals surface area (Å²) in [5.41, 5.74) is 4.95. The molecule has 0 bridgehead atoms. The van der Waals surface area contributed by atoms with Crippen molar-refractivity contribution in [2.24, 2.45) is 0 Å². The van der Waals surface area contributed by atoms with E-state index in [1.54, 1.807) is 4.57 Å². The van der Waals surface area contributed by atoms with E-state index in [-0.39, 0.29) is 11.0 Å². The summed E-state index contributed by atoms with van der Waals surface area (Å²) in [7, 11) is 0. The average Bonchev–Trinajstić information content (AvgIpc) is 3.16. The number of aromatic nitrogens is 4. The van der Waals surface area contributed by atoms with Crippen molar-refractivity contribution in [3.8, 4) is 16.9 Å². The molecule has 0 aliphatic heterocycles. The summed E-state index contributed by atoms with van der Waals surface area (Å²) in [6.45, 7) is 0. The third-order valence-corrected chi connectivity index (χ3v) is 7.16. The number of aromatic amines is 1. The molecule has 2 heterocycles. The van der Waals surface area contributed by atoms with Crippen molar-refractivity contribution in [1.82, 2.24) is 19.2 Å². The van der Waals surface area contributed by atoms with E-state index in [0.29, 0.717) is 10.5 Å². The first-order chi connectivity index (χ1) is 14.7. The first kappa shape index (κ1) is 17.8. The van der Waals surface area contributed by atoms with Gasteiger partial charge in [0.05, 0.1) is 11.4 Å². The maximum atomic E-state index is 14.2. The fourth-order valence-electron chi connectivity index (χ4n) is 5.61. The topological polar surface area (TPSA) is 55.1 Å². The monoisotopic (exact) mass is 414 g/mol. The number of hydrogen-bond acceptors (Lipinski definition) is 3. The number of nitrogens with one attached hydrogen (secondary N) is 1. The molecule has 150 valence electrons. The molecule has 4 aromatic rings. The fraction of sp³-hybridized carbons (Fsp3) is 0.292. The van der Waals surface area contributed by atoms with Crippen LogP contribution in [0.25, 0.3) is 22.7 Å². The number of hydrogen-bond donors (Lipinski definition) is 1. The zero-order chi connectivity index (χ0) is 20.3. The molecule has 0 atom stereocenters. The number of nitrogens with zero attached hydrogens (tertiary/aromatic N) is 3. The van der Waals surface area contributed by atoms with Gasteiger partial charge in [-0.25, -0.2) is 9.67 Å². The molecule has 0 amide bonds. The van der Waals surface area contributed by atoms with Crippen LogP contribution in [0.2, 0.25) is 0 Å². The highest BCUT2D eigenvalue weighted by Gasteiger charge is 2.44. The van der Waals surface area contributed by atoms with Crippen molar-refractivity contribution in [3.05, 3.63) is 80.8 Å². The van der Waals surface area contributed by atoms with Crippen LogP contribution in [0, 0.1) is 4.77 Å². The lowest BCUT2D eigenvalue weighted by Gasteiger charge is -2.42. The normalized spacial score (nSPS) is 17.1. The molecule has 1 fully saturated rings. The van der Waals surface area contributed by atoms with Gasteiger partial charge in [-0.15, -0.1) is 5.10 Å². The Kier molecular flexibility index (Phi) is 3.87. The molecular weight excluding hydrogens is 392 g/mol. The fourth-order valence-corrected chi connectivity index (χ4v) is 5.83. The molecule has 5 nitrogen and oxygen atoms in total. The minimum Gasteiger partial charge on any atom is -0.268 e. The Morgan fingerprint density at radius 1 is 0.967 bits per heavy atom. The molecule has 0 radical (unpaired) electrons. The molecule has 1 saturated carbocycles. The summed E-state index contributed by atoms with van der Waals surface area (Å²) >= 11 is 5.67. The number of fused-ring (bicyclic) bond motifs is 6. The van der Waals surface area contributed by atoms with Gasteiger partial charge < -0.3 is 0 Å². The second-order valence-electron chi connectivity index (χ2n) is 8.54. The lowest BCUT2D eigenvalue weighted by Crippen LogP contribution is -2.43. The van der Waals surface area contributed by atoms with Crippen molar-refractivity contribution in [3.63, 3.8) is 0 Å². The van der Waals surface area contributed by atoms with E-state index in [9.17, 15) is 4.79 Å². The minimum atomic E-state index is -0.143. The summed E-state index contributed by atoms with van der Waals surface area (Å²) < 4.78 is 4.23. The van der Waals surface area contributed by atoms with Crippen LogP contribution in [0.3, 0.4) is 0 Å². The summed E-state index contributed by atoms with van der Waals surface area (Å²) in [6, 6.07) is 18.2. The van der Waals surface area contributed by atoms with Gasteiger partial charge in [0.2, 0.25) is 10.5 Å². The quantitative estimate of drug-likeness (QED) is 0.448. The summed E-state index contributed by atoms with van der Waals surface area (Å²) in [5.74, 6) is 0.539. The first-order valence-electron chi connectivity index (χ1n) is 10.6. The van der Waals surface area contributed by atoms with E-state index in [0.717, 1.165) is 54.6 Å². The van der Waals surface area contributed by atoms with Crippen molar-refractivity contribution in [1.29, 1.82) is 0 Å². The van der Waals surface area contributed by atoms with Gasteiger partial charge in [-0.05, 0) is 49.2 Å². The molecular formula is C24H22N4OS. The lowest BCUT2D eigenvalue weighted by molar-refractivity contribution is 0.284. The Balaban J connectivity index is 1.83. The second kappa shape index (κ2) is 6.51. The summed E-state index contributed by atoms with van der Waals surface area (Å²) in [4.78, 5) is 14.2. The highest BCUT2D eigenvalue weighted by atomic mass is 32.1. The van der Waals surface area contributed by atoms with Gasteiger partial charge in [0.25, 0.3) is 5.56 Å². The second-order valence-corrected chi connectivity index (χ2v) is 8.93. The van der Waals surface area contributed by atoms with E-state index in [2.05, 4.69) is 28.4 Å². The Morgan fingerprint density at radius 3 is 2.50 bits per heavy atom. The van der Waals surface area contributed by atoms with Crippen molar-refractivity contribution in [2.75, 3.05) is 0 Å². The number of para-hydroxylation sites is 1. The van der Waals surface area contributed by atoms with E-state index in [1.165, 1.54) is 12.0 Å². The molecule has 2 aliphatic carbocycles. The molecule has 2 aromatic carbocycles. The highest BCUT2D eigenvalue weighted by molar-refractivity contribution is 7.71. The van der Waals surface area contributed by atoms with Gasteiger partial charge in [-0.3, -0.25) is 9.20 Å². The Hall–Kier alpha value is -2.99. The van der Waals surface area contributed by atoms with E-state index < -0.39 is 0 Å². The van der Waals surface area contributed by atoms with Crippen molar-refractivity contribution in [2.45, 2.75) is 43.9 Å². The van der Waals surface area contributed by atoms with Gasteiger partial charge in [-0.1, -0.05) is 61.7 Å². The highest BCUT2D eigenvalue weighted by Crippen LogP contribution is 2.49. The molecule has 1 spiro atoms. The average molecular weight is 415 g/mol. The van der Waals surface area contributed by atoms with E-state index in [4.69, 9.17) is 12.2 Å². The molecule has 2 aliphatic rings. The van der Waals surface area contributed by atoms with Gasteiger partial charge in [0.1, 0.15) is 0 Å². The molecule has 6 rings (SSSR count). The lowest BCUT2D eigenvalue weighted by atomic mass is 9.62. The van der Waals surface area contributed by atoms with E-state index in [1.807, 2.05) is 40.8 Å². The van der Waals surface area contributed by atoms with E-state index >= 15 is 0 Å². The predicted octanol–water partition coefficient (Wildman–Crippen LogP) is 4.97. The largest absolute Gasteiger partial charge is 0.268 e. The van der Waals surface area contributed by atoms with Crippen LogP contribution < -0.4 is 5.56 Å². The number of H-pyrrole nitrogens is 1. The molecule has 2 aromatic heterocycles. The summed E-state index contributed by atoms with van der Waals surface area (Å²) in [5, 5.41) is 7.42. The molecule has 1 N–H and O–H groups in total. The van der Waals surface area contributed by atoms with Gasteiger partial charge in [0.15, 0.2) is 0 Å². The Bertz CT molecular complexity index is 1390. The van der Waals surface area contributed by atoms with Crippen LogP contribution in [0.4, 0.5) is 0 Å². The third kappa shape index (κ3) is 2.37. The van der Waals surface area contributed by atoms with Crippen LogP contribution in [-0.2, 0) is 11.8 Å². The zero-order valence-corrected chi connectivity index (χ0v) is 17.4. The maximum Gasteiger partial charge on any atom is 0.263 e. The number of rotatable bonds is 1.